The number of rotatable bonds is 8. The van der Waals surface area contributed by atoms with E-state index in [1.165, 1.54) is 42.5 Å². The van der Waals surface area contributed by atoms with E-state index >= 15 is 8.78 Å². The summed E-state index contributed by atoms with van der Waals surface area (Å²) in [6, 6.07) is 11.2. The average Bonchev–Trinajstić information content (AvgIpc) is 3.79. The predicted octanol–water partition coefficient (Wildman–Crippen LogP) is 7.64. The molecule has 3 aromatic carbocycles. The summed E-state index contributed by atoms with van der Waals surface area (Å²) >= 11 is 0. The van der Waals surface area contributed by atoms with Crippen molar-refractivity contribution < 1.29 is 36.9 Å². The van der Waals surface area contributed by atoms with Gasteiger partial charge in [-0.15, -0.1) is 0 Å². The van der Waals surface area contributed by atoms with Crippen LogP contribution in [0, 0.1) is 29.2 Å². The molecule has 0 bridgehead atoms. The number of hydrogen-bond donors (Lipinski definition) is 1. The molecule has 1 aliphatic carbocycles. The molecule has 0 amide bonds. The number of hydrogen-bond acceptors (Lipinski definition) is 4. The van der Waals surface area contributed by atoms with E-state index in [4.69, 9.17) is 9.47 Å². The van der Waals surface area contributed by atoms with Gasteiger partial charge in [0.2, 0.25) is 5.82 Å². The first-order chi connectivity index (χ1) is 18.8. The van der Waals surface area contributed by atoms with Crippen molar-refractivity contribution >= 4 is 5.97 Å². The summed E-state index contributed by atoms with van der Waals surface area (Å²) in [5.41, 5.74) is 0.845. The van der Waals surface area contributed by atoms with Crippen molar-refractivity contribution in [1.82, 2.24) is 0 Å². The van der Waals surface area contributed by atoms with Crippen LogP contribution in [0.2, 0.25) is 0 Å². The lowest BCUT2D eigenvalue weighted by Gasteiger charge is -2.32. The van der Waals surface area contributed by atoms with Crippen LogP contribution in [0.5, 0.6) is 5.75 Å². The lowest BCUT2D eigenvalue weighted by molar-refractivity contribution is 0.0722. The number of epoxide rings is 1. The van der Waals surface area contributed by atoms with Crippen LogP contribution in [-0.4, -0.2) is 23.8 Å². The van der Waals surface area contributed by atoms with Crippen LogP contribution >= 0.6 is 0 Å². The smallest absolute Gasteiger partial charge is 0.343 e. The highest BCUT2D eigenvalue weighted by molar-refractivity contribution is 5.91. The fourth-order valence-electron chi connectivity index (χ4n) is 5.50. The van der Waals surface area contributed by atoms with Gasteiger partial charge in [0.25, 0.3) is 0 Å². The van der Waals surface area contributed by atoms with Gasteiger partial charge in [-0.2, -0.15) is 4.39 Å². The molecule has 2 fully saturated rings. The van der Waals surface area contributed by atoms with Gasteiger partial charge in [-0.05, 0) is 79.3 Å². The molecule has 5 rings (SSSR count). The van der Waals surface area contributed by atoms with Gasteiger partial charge in [-0.3, -0.25) is 0 Å². The van der Waals surface area contributed by atoms with Crippen LogP contribution < -0.4 is 4.74 Å². The second kappa shape index (κ2) is 11.5. The average molecular weight is 543 g/mol. The van der Waals surface area contributed by atoms with Gasteiger partial charge in [0.15, 0.2) is 23.2 Å². The van der Waals surface area contributed by atoms with Crippen LogP contribution in [-0.2, 0) is 4.74 Å². The monoisotopic (exact) mass is 542 g/mol. The molecule has 0 spiro atoms. The maximum atomic E-state index is 15.1. The maximum absolute atomic E-state index is 15.1. The highest BCUT2D eigenvalue weighted by atomic mass is 19.2. The van der Waals surface area contributed by atoms with Crippen molar-refractivity contribution in [3.63, 3.8) is 0 Å². The lowest BCUT2D eigenvalue weighted by Crippen LogP contribution is -2.25. The normalized spacial score (nSPS) is 21.4. The maximum Gasteiger partial charge on any atom is 0.343 e. The van der Waals surface area contributed by atoms with E-state index in [1.54, 1.807) is 6.07 Å². The fourth-order valence-corrected chi connectivity index (χ4v) is 5.50. The van der Waals surface area contributed by atoms with Gasteiger partial charge in [-0.1, -0.05) is 37.6 Å². The van der Waals surface area contributed by atoms with E-state index in [9.17, 15) is 18.7 Å². The van der Waals surface area contributed by atoms with E-state index < -0.39 is 41.1 Å². The molecule has 206 valence electrons. The summed E-state index contributed by atoms with van der Waals surface area (Å²) in [5, 5.41) is 10.3. The first-order valence-corrected chi connectivity index (χ1v) is 13.4. The minimum Gasteiger partial charge on any atom is -0.420 e. The summed E-state index contributed by atoms with van der Waals surface area (Å²) < 4.78 is 68.8. The number of carbonyl (C=O) groups is 1. The first kappa shape index (κ1) is 27.3. The van der Waals surface area contributed by atoms with Crippen molar-refractivity contribution in [3.05, 3.63) is 88.5 Å². The van der Waals surface area contributed by atoms with Crippen molar-refractivity contribution in [1.29, 1.82) is 0 Å². The minimum absolute atomic E-state index is 0.0349. The molecule has 2 unspecified atom stereocenters. The highest BCUT2D eigenvalue weighted by Crippen LogP contribution is 2.40. The fraction of sp³-hybridized carbons (Fsp3) is 0.387. The Kier molecular flexibility index (Phi) is 8.05. The summed E-state index contributed by atoms with van der Waals surface area (Å²) in [7, 11) is 0. The second-order valence-electron chi connectivity index (χ2n) is 10.4. The number of esters is 1. The second-order valence-corrected chi connectivity index (χ2v) is 10.4. The largest absolute Gasteiger partial charge is 0.420 e. The van der Waals surface area contributed by atoms with Crippen molar-refractivity contribution in [2.24, 2.45) is 5.92 Å². The molecule has 1 heterocycles. The molecule has 0 radical (unpaired) electrons. The van der Waals surface area contributed by atoms with Crippen LogP contribution in [0.1, 0.15) is 79.0 Å². The number of ether oxygens (including phenoxy) is 2. The Balaban J connectivity index is 1.26. The standard InChI is InChI=1S/C31H30F4O4/c1-2-3-24(36)19-8-4-17(5-9-19)21-12-13-22(28(33)27(21)32)18-6-10-20(11-7-18)31(37)39-25-15-14-23(26-16-38-26)29(34)30(25)35/h6-7,10-15,17,19,24,26,36H,2-5,8-9,16H2,1H3. The van der Waals surface area contributed by atoms with E-state index in [0.717, 1.165) is 25.7 Å². The zero-order valence-electron chi connectivity index (χ0n) is 21.6. The SMILES string of the molecule is CCCC(O)C1CCC(c2ccc(-c3ccc(C(=O)Oc4ccc(C5CO5)c(F)c4F)cc3)c(F)c2F)CC1. The number of halogens is 4. The Morgan fingerprint density at radius 3 is 2.18 bits per heavy atom. The van der Waals surface area contributed by atoms with E-state index in [2.05, 4.69) is 0 Å². The van der Waals surface area contributed by atoms with Crippen LogP contribution in [0.25, 0.3) is 11.1 Å². The highest BCUT2D eigenvalue weighted by Gasteiger charge is 2.31. The number of aliphatic hydroxyl groups excluding tert-OH is 1. The van der Waals surface area contributed by atoms with Gasteiger partial charge < -0.3 is 14.6 Å². The zero-order valence-corrected chi connectivity index (χ0v) is 21.6. The topological polar surface area (TPSA) is 59.1 Å². The Hall–Kier alpha value is -3.23. The first-order valence-electron chi connectivity index (χ1n) is 13.4. The predicted molar refractivity (Wildman–Crippen MR) is 137 cm³/mol. The molecule has 3 aromatic rings. The third-order valence-electron chi connectivity index (χ3n) is 7.84. The Morgan fingerprint density at radius 2 is 1.54 bits per heavy atom. The third-order valence-corrected chi connectivity index (χ3v) is 7.84. The molecule has 39 heavy (non-hydrogen) atoms. The van der Waals surface area contributed by atoms with Crippen LogP contribution in [0.4, 0.5) is 17.6 Å². The van der Waals surface area contributed by atoms with Crippen molar-refractivity contribution in [2.45, 2.75) is 63.6 Å². The van der Waals surface area contributed by atoms with E-state index in [-0.39, 0.29) is 34.6 Å². The Bertz CT molecular complexity index is 1350. The Morgan fingerprint density at radius 1 is 0.897 bits per heavy atom. The molecule has 1 aliphatic heterocycles. The summed E-state index contributed by atoms with van der Waals surface area (Å²) in [6.45, 7) is 2.34. The molecule has 1 N–H and O–H groups in total. The quantitative estimate of drug-likeness (QED) is 0.138. The van der Waals surface area contributed by atoms with Gasteiger partial charge in [0.05, 0.1) is 18.3 Å². The van der Waals surface area contributed by atoms with Gasteiger partial charge >= 0.3 is 5.97 Å². The number of aliphatic hydroxyl groups is 1. The van der Waals surface area contributed by atoms with Gasteiger partial charge in [0.1, 0.15) is 6.10 Å². The van der Waals surface area contributed by atoms with Crippen LogP contribution in [0.3, 0.4) is 0 Å². The lowest BCUT2D eigenvalue weighted by atomic mass is 9.75. The molecule has 1 saturated carbocycles. The van der Waals surface area contributed by atoms with Crippen LogP contribution in [0.15, 0.2) is 48.5 Å². The molecule has 8 heteroatoms. The van der Waals surface area contributed by atoms with E-state index in [1.807, 2.05) is 6.92 Å². The number of benzene rings is 3. The van der Waals surface area contributed by atoms with E-state index in [0.29, 0.717) is 30.6 Å². The summed E-state index contributed by atoms with van der Waals surface area (Å²) in [4.78, 5) is 12.5. The summed E-state index contributed by atoms with van der Waals surface area (Å²) in [5.74, 6) is -5.63. The Labute approximate surface area is 224 Å². The summed E-state index contributed by atoms with van der Waals surface area (Å²) in [6.07, 6.45) is 3.78. The number of carbonyl (C=O) groups excluding carboxylic acids is 1. The van der Waals surface area contributed by atoms with Crippen molar-refractivity contribution in [2.75, 3.05) is 6.61 Å². The molecule has 2 atom stereocenters. The molecular formula is C31H30F4O4. The van der Waals surface area contributed by atoms with Gasteiger partial charge in [0, 0.05) is 11.1 Å². The zero-order chi connectivity index (χ0) is 27.7. The molecular weight excluding hydrogens is 512 g/mol. The molecule has 4 nitrogen and oxygen atoms in total. The minimum atomic E-state index is -1.28. The molecule has 2 aliphatic rings. The van der Waals surface area contributed by atoms with Crippen molar-refractivity contribution in [3.8, 4) is 16.9 Å². The third kappa shape index (κ3) is 5.72. The molecule has 0 aromatic heterocycles. The van der Waals surface area contributed by atoms with Gasteiger partial charge in [-0.25, -0.2) is 18.0 Å². The molecule has 1 saturated heterocycles.